The summed E-state index contributed by atoms with van der Waals surface area (Å²) in [6.07, 6.45) is 8.44. The summed E-state index contributed by atoms with van der Waals surface area (Å²) in [5.74, 6) is 2.13. The summed E-state index contributed by atoms with van der Waals surface area (Å²) in [6.45, 7) is 9.63. The Morgan fingerprint density at radius 1 is 0.702 bits per heavy atom. The zero-order chi connectivity index (χ0) is 32.3. The SMILES string of the molecule is NCCOCCOCCOCCN1CCN([C@H]2CC[C@H](n3cc(-c4ccc(Oc5ccccc5)cc4)c4c(N)ncnc43)CC2)CC1. The van der Waals surface area contributed by atoms with Gasteiger partial charge in [-0.25, -0.2) is 9.97 Å². The van der Waals surface area contributed by atoms with Gasteiger partial charge in [0.15, 0.2) is 0 Å². The lowest BCUT2D eigenvalue weighted by Gasteiger charge is -2.42. The van der Waals surface area contributed by atoms with Gasteiger partial charge in [0.2, 0.25) is 0 Å². The number of piperazine rings is 1. The van der Waals surface area contributed by atoms with E-state index in [1.165, 1.54) is 12.8 Å². The van der Waals surface area contributed by atoms with Gasteiger partial charge in [0.05, 0.1) is 45.0 Å². The van der Waals surface area contributed by atoms with Crippen molar-refractivity contribution in [1.29, 1.82) is 0 Å². The Kier molecular flexibility index (Phi) is 12.1. The zero-order valence-corrected chi connectivity index (χ0v) is 27.3. The minimum Gasteiger partial charge on any atom is -0.457 e. The Balaban J connectivity index is 0.974. The van der Waals surface area contributed by atoms with Gasteiger partial charge in [0.25, 0.3) is 0 Å². The van der Waals surface area contributed by atoms with Gasteiger partial charge in [-0.1, -0.05) is 30.3 Å². The molecular formula is C36H49N7O4. The van der Waals surface area contributed by atoms with E-state index < -0.39 is 0 Å². The van der Waals surface area contributed by atoms with E-state index in [1.807, 2.05) is 42.5 Å². The fourth-order valence-electron chi connectivity index (χ4n) is 6.81. The molecule has 1 aliphatic heterocycles. The van der Waals surface area contributed by atoms with Crippen LogP contribution in [-0.4, -0.2) is 109 Å². The molecule has 1 aliphatic carbocycles. The molecule has 11 nitrogen and oxygen atoms in total. The molecule has 0 bridgehead atoms. The molecule has 11 heteroatoms. The molecule has 4 N–H and O–H groups in total. The van der Waals surface area contributed by atoms with Crippen molar-refractivity contribution in [3.63, 3.8) is 0 Å². The number of anilines is 1. The van der Waals surface area contributed by atoms with Crippen molar-refractivity contribution in [3.05, 3.63) is 67.1 Å². The molecule has 6 rings (SSSR count). The van der Waals surface area contributed by atoms with Crippen LogP contribution >= 0.6 is 0 Å². The van der Waals surface area contributed by atoms with Gasteiger partial charge in [-0.2, -0.15) is 0 Å². The minimum atomic E-state index is 0.387. The number of rotatable bonds is 16. The first-order valence-electron chi connectivity index (χ1n) is 17.0. The van der Waals surface area contributed by atoms with Crippen LogP contribution in [0.15, 0.2) is 67.1 Å². The second-order valence-electron chi connectivity index (χ2n) is 12.3. The molecule has 2 aromatic heterocycles. The smallest absolute Gasteiger partial charge is 0.146 e. The Hall–Kier alpha value is -3.58. The highest BCUT2D eigenvalue weighted by Gasteiger charge is 2.30. The summed E-state index contributed by atoms with van der Waals surface area (Å²) in [5.41, 5.74) is 14.9. The minimum absolute atomic E-state index is 0.387. The molecule has 0 radical (unpaired) electrons. The number of nitrogens with two attached hydrogens (primary N) is 2. The van der Waals surface area contributed by atoms with Crippen molar-refractivity contribution >= 4 is 16.9 Å². The number of benzene rings is 2. The summed E-state index contributed by atoms with van der Waals surface area (Å²) in [4.78, 5) is 14.3. The molecule has 47 heavy (non-hydrogen) atoms. The molecule has 252 valence electrons. The lowest BCUT2D eigenvalue weighted by Crippen LogP contribution is -2.51. The summed E-state index contributed by atoms with van der Waals surface area (Å²) in [6, 6.07) is 19.0. The van der Waals surface area contributed by atoms with Crippen LogP contribution in [0.5, 0.6) is 11.5 Å². The van der Waals surface area contributed by atoms with Crippen LogP contribution in [-0.2, 0) is 14.2 Å². The van der Waals surface area contributed by atoms with Crippen LogP contribution in [0.2, 0.25) is 0 Å². The monoisotopic (exact) mass is 643 g/mol. The number of fused-ring (bicyclic) bond motifs is 1. The maximum atomic E-state index is 6.46. The molecular weight excluding hydrogens is 594 g/mol. The van der Waals surface area contributed by atoms with Crippen molar-refractivity contribution < 1.29 is 18.9 Å². The molecule has 0 spiro atoms. The Labute approximate surface area is 277 Å². The fraction of sp³-hybridized carbons (Fsp3) is 0.500. The Morgan fingerprint density at radius 3 is 2.04 bits per heavy atom. The fourth-order valence-corrected chi connectivity index (χ4v) is 6.81. The molecule has 0 atom stereocenters. The summed E-state index contributed by atoms with van der Waals surface area (Å²) in [5, 5.41) is 0.923. The quantitative estimate of drug-likeness (QED) is 0.168. The van der Waals surface area contributed by atoms with E-state index >= 15 is 0 Å². The standard InChI is InChI=1S/C36H49N7O4/c37-14-20-44-22-24-46-25-23-45-21-19-41-15-17-42(18-16-41)29-8-10-30(11-9-29)43-26-33(34-35(38)39-27-40-36(34)43)28-6-12-32(13-7-28)47-31-4-2-1-3-5-31/h1-7,12-13,26-27,29-30H,8-11,14-25,37H2,(H2,38,39,40)/t29-,30-. The van der Waals surface area contributed by atoms with Gasteiger partial charge < -0.3 is 35.0 Å². The van der Waals surface area contributed by atoms with Crippen molar-refractivity contribution in [2.24, 2.45) is 5.73 Å². The van der Waals surface area contributed by atoms with E-state index in [4.69, 9.17) is 35.4 Å². The van der Waals surface area contributed by atoms with Crippen LogP contribution in [0.3, 0.4) is 0 Å². The number of nitrogens with zero attached hydrogens (tertiary/aromatic N) is 5. The highest BCUT2D eigenvalue weighted by molar-refractivity contribution is 6.00. The average Bonchev–Trinajstić information content (AvgIpc) is 3.51. The highest BCUT2D eigenvalue weighted by Crippen LogP contribution is 2.39. The second kappa shape index (κ2) is 17.0. The Bertz CT molecular complexity index is 1500. The van der Waals surface area contributed by atoms with E-state index in [-0.39, 0.29) is 0 Å². The van der Waals surface area contributed by atoms with Gasteiger partial charge in [-0.3, -0.25) is 9.80 Å². The number of nitrogen functional groups attached to an aromatic ring is 1. The van der Waals surface area contributed by atoms with E-state index in [9.17, 15) is 0 Å². The first-order chi connectivity index (χ1) is 23.2. The molecule has 3 heterocycles. The van der Waals surface area contributed by atoms with Gasteiger partial charge >= 0.3 is 0 Å². The van der Waals surface area contributed by atoms with E-state index in [1.54, 1.807) is 6.33 Å². The predicted octanol–water partition coefficient (Wildman–Crippen LogP) is 4.58. The third-order valence-electron chi connectivity index (χ3n) is 9.32. The van der Waals surface area contributed by atoms with Gasteiger partial charge in [-0.15, -0.1) is 0 Å². The van der Waals surface area contributed by atoms with Crippen molar-refractivity contribution in [1.82, 2.24) is 24.3 Å². The van der Waals surface area contributed by atoms with Crippen LogP contribution < -0.4 is 16.2 Å². The maximum Gasteiger partial charge on any atom is 0.146 e. The molecule has 2 aromatic carbocycles. The van der Waals surface area contributed by atoms with Crippen LogP contribution in [0, 0.1) is 0 Å². The van der Waals surface area contributed by atoms with Crippen LogP contribution in [0.1, 0.15) is 31.7 Å². The van der Waals surface area contributed by atoms with Crippen molar-refractivity contribution in [2.75, 3.05) is 84.6 Å². The molecule has 0 unspecified atom stereocenters. The van der Waals surface area contributed by atoms with Gasteiger partial charge in [0.1, 0.15) is 29.3 Å². The largest absolute Gasteiger partial charge is 0.457 e. The third-order valence-corrected chi connectivity index (χ3v) is 9.32. The molecule has 1 saturated heterocycles. The second-order valence-corrected chi connectivity index (χ2v) is 12.3. The number of para-hydroxylation sites is 1. The molecule has 2 aliphatic rings. The third kappa shape index (κ3) is 8.86. The lowest BCUT2D eigenvalue weighted by molar-refractivity contribution is 0.00652. The molecule has 1 saturated carbocycles. The normalized spacial score (nSPS) is 19.3. The highest BCUT2D eigenvalue weighted by atomic mass is 16.5. The summed E-state index contributed by atoms with van der Waals surface area (Å²) in [7, 11) is 0. The first kappa shape index (κ1) is 33.3. The summed E-state index contributed by atoms with van der Waals surface area (Å²) < 4.78 is 25.0. The molecule has 4 aromatic rings. The summed E-state index contributed by atoms with van der Waals surface area (Å²) >= 11 is 0. The molecule has 2 fully saturated rings. The van der Waals surface area contributed by atoms with Gasteiger partial charge in [-0.05, 0) is 55.5 Å². The lowest BCUT2D eigenvalue weighted by atomic mass is 9.89. The van der Waals surface area contributed by atoms with E-state index in [0.717, 1.165) is 85.8 Å². The van der Waals surface area contributed by atoms with Crippen molar-refractivity contribution in [3.8, 4) is 22.6 Å². The first-order valence-corrected chi connectivity index (χ1v) is 17.0. The number of hydrogen-bond acceptors (Lipinski definition) is 10. The number of ether oxygens (including phenoxy) is 4. The zero-order valence-electron chi connectivity index (χ0n) is 27.3. The molecule has 0 amide bonds. The van der Waals surface area contributed by atoms with Gasteiger partial charge in [0, 0.05) is 63.1 Å². The Morgan fingerprint density at radius 2 is 1.34 bits per heavy atom. The number of hydrogen-bond donors (Lipinski definition) is 2. The van der Waals surface area contributed by atoms with E-state index in [0.29, 0.717) is 57.5 Å². The number of aromatic nitrogens is 3. The predicted molar refractivity (Wildman–Crippen MR) is 185 cm³/mol. The van der Waals surface area contributed by atoms with Crippen molar-refractivity contribution in [2.45, 2.75) is 37.8 Å². The van der Waals surface area contributed by atoms with Crippen LogP contribution in [0.25, 0.3) is 22.2 Å². The van der Waals surface area contributed by atoms with Crippen LogP contribution in [0.4, 0.5) is 5.82 Å². The topological polar surface area (TPSA) is 126 Å². The maximum absolute atomic E-state index is 6.46. The van der Waals surface area contributed by atoms with E-state index in [2.05, 4.69) is 37.7 Å². The average molecular weight is 644 g/mol.